The summed E-state index contributed by atoms with van der Waals surface area (Å²) in [5.41, 5.74) is 2.68. The van der Waals surface area contributed by atoms with Crippen molar-refractivity contribution in [3.8, 4) is 0 Å². The van der Waals surface area contributed by atoms with Gasteiger partial charge < -0.3 is 11.2 Å². The Balaban J connectivity index is 1.55. The van der Waals surface area contributed by atoms with Gasteiger partial charge in [-0.1, -0.05) is 50.2 Å². The molecule has 0 aliphatic rings. The molecule has 0 spiro atoms. The number of nitrogens with zero attached hydrogens (tertiary/aromatic N) is 4. The molecule has 148 valence electrons. The highest BCUT2D eigenvalue weighted by Gasteiger charge is 2.23. The maximum atomic E-state index is 12.2. The van der Waals surface area contributed by atoms with Crippen LogP contribution in [0.5, 0.6) is 0 Å². The third-order valence-corrected chi connectivity index (χ3v) is 5.81. The van der Waals surface area contributed by atoms with Crippen molar-refractivity contribution in [2.24, 2.45) is 0 Å². The molecule has 2 heterocycles. The van der Waals surface area contributed by atoms with Crippen molar-refractivity contribution >= 4 is 34.7 Å². The second-order valence-electron chi connectivity index (χ2n) is 7.54. The van der Waals surface area contributed by atoms with Crippen LogP contribution in [0.1, 0.15) is 42.9 Å². The number of thiazole rings is 1. The third-order valence-electron chi connectivity index (χ3n) is 3.93. The molecule has 3 N–H and O–H groups in total. The SMILES string of the molecule is Cc1ccc(NC(=O)Cc2nc(CSc3nnc(C(C)(C)C)n3N)cs2)cc1. The third kappa shape index (κ3) is 5.11. The topological polar surface area (TPSA) is 98.7 Å². The van der Waals surface area contributed by atoms with Crippen molar-refractivity contribution in [3.63, 3.8) is 0 Å². The quantitative estimate of drug-likeness (QED) is 0.471. The number of anilines is 1. The number of aromatic nitrogens is 4. The number of carbonyl (C=O) groups excluding carboxylic acids is 1. The lowest BCUT2D eigenvalue weighted by molar-refractivity contribution is -0.115. The molecule has 9 heteroatoms. The van der Waals surface area contributed by atoms with Gasteiger partial charge in [0.2, 0.25) is 11.1 Å². The van der Waals surface area contributed by atoms with Gasteiger partial charge in [-0.2, -0.15) is 0 Å². The number of thioether (sulfide) groups is 1. The van der Waals surface area contributed by atoms with Crippen LogP contribution < -0.4 is 11.2 Å². The smallest absolute Gasteiger partial charge is 0.231 e. The number of carbonyl (C=O) groups is 1. The number of nitrogens with one attached hydrogen (secondary N) is 1. The van der Waals surface area contributed by atoms with Crippen LogP contribution in [0, 0.1) is 6.92 Å². The highest BCUT2D eigenvalue weighted by molar-refractivity contribution is 7.98. The summed E-state index contributed by atoms with van der Waals surface area (Å²) in [6.45, 7) is 8.15. The van der Waals surface area contributed by atoms with E-state index in [9.17, 15) is 4.79 Å². The van der Waals surface area contributed by atoms with Gasteiger partial charge in [0.15, 0.2) is 5.82 Å². The van der Waals surface area contributed by atoms with E-state index < -0.39 is 0 Å². The average Bonchev–Trinajstić information content (AvgIpc) is 3.21. The van der Waals surface area contributed by atoms with E-state index in [4.69, 9.17) is 5.84 Å². The highest BCUT2D eigenvalue weighted by atomic mass is 32.2. The molecule has 28 heavy (non-hydrogen) atoms. The molecular formula is C19H24N6OS2. The number of aryl methyl sites for hydroxylation is 1. The van der Waals surface area contributed by atoms with Crippen molar-refractivity contribution in [2.45, 2.75) is 50.4 Å². The minimum absolute atomic E-state index is 0.0751. The minimum Gasteiger partial charge on any atom is -0.336 e. The van der Waals surface area contributed by atoms with E-state index in [0.29, 0.717) is 10.9 Å². The summed E-state index contributed by atoms with van der Waals surface area (Å²) in [4.78, 5) is 16.8. The van der Waals surface area contributed by atoms with Crippen LogP contribution in [0.3, 0.4) is 0 Å². The highest BCUT2D eigenvalue weighted by Crippen LogP contribution is 2.26. The van der Waals surface area contributed by atoms with Gasteiger partial charge in [0.05, 0.1) is 12.1 Å². The summed E-state index contributed by atoms with van der Waals surface area (Å²) in [5, 5.41) is 14.6. The number of benzene rings is 1. The molecule has 3 aromatic rings. The Morgan fingerprint density at radius 1 is 1.25 bits per heavy atom. The van der Waals surface area contributed by atoms with Crippen LogP contribution >= 0.6 is 23.1 Å². The van der Waals surface area contributed by atoms with Gasteiger partial charge >= 0.3 is 0 Å². The Hall–Kier alpha value is -2.39. The Morgan fingerprint density at radius 2 is 1.96 bits per heavy atom. The summed E-state index contributed by atoms with van der Waals surface area (Å²) in [7, 11) is 0. The standard InChI is InChI=1S/C19H24N6OS2/c1-12-5-7-13(8-6-12)21-15(26)9-16-22-14(10-27-16)11-28-18-24-23-17(25(18)20)19(2,3)4/h5-8,10H,9,11,20H2,1-4H3,(H,21,26). The zero-order chi connectivity index (χ0) is 20.3. The molecular weight excluding hydrogens is 392 g/mol. The first kappa shape index (κ1) is 20.3. The predicted molar refractivity (Wildman–Crippen MR) is 114 cm³/mol. The summed E-state index contributed by atoms with van der Waals surface area (Å²) in [6, 6.07) is 7.73. The lowest BCUT2D eigenvalue weighted by Gasteiger charge is -2.16. The normalized spacial score (nSPS) is 11.6. The number of rotatable bonds is 6. The molecule has 0 radical (unpaired) electrons. The van der Waals surface area contributed by atoms with E-state index in [1.807, 2.05) is 57.3 Å². The summed E-state index contributed by atoms with van der Waals surface area (Å²) in [6.07, 6.45) is 0.254. The van der Waals surface area contributed by atoms with Crippen molar-refractivity contribution in [1.29, 1.82) is 0 Å². The fourth-order valence-corrected chi connectivity index (χ4v) is 4.15. The number of hydrogen-bond donors (Lipinski definition) is 2. The molecule has 1 amide bonds. The van der Waals surface area contributed by atoms with Gasteiger partial charge in [0.1, 0.15) is 5.01 Å². The van der Waals surface area contributed by atoms with Crippen molar-refractivity contribution in [2.75, 3.05) is 11.2 Å². The summed E-state index contributed by atoms with van der Waals surface area (Å²) >= 11 is 2.96. The first-order valence-electron chi connectivity index (χ1n) is 8.86. The number of nitrogens with two attached hydrogens (primary N) is 1. The first-order valence-corrected chi connectivity index (χ1v) is 10.7. The zero-order valence-electron chi connectivity index (χ0n) is 16.4. The van der Waals surface area contributed by atoms with E-state index in [-0.39, 0.29) is 17.7 Å². The van der Waals surface area contributed by atoms with Crippen molar-refractivity contribution in [1.82, 2.24) is 19.9 Å². The molecule has 0 saturated carbocycles. The number of hydrogen-bond acceptors (Lipinski definition) is 7. The van der Waals surface area contributed by atoms with Crippen LogP contribution in [0.2, 0.25) is 0 Å². The maximum Gasteiger partial charge on any atom is 0.231 e. The van der Waals surface area contributed by atoms with Crippen LogP contribution in [0.4, 0.5) is 5.69 Å². The van der Waals surface area contributed by atoms with Crippen LogP contribution in [0.25, 0.3) is 0 Å². The molecule has 1 aromatic carbocycles. The molecule has 7 nitrogen and oxygen atoms in total. The Kier molecular flexibility index (Phi) is 6.04. The zero-order valence-corrected chi connectivity index (χ0v) is 18.0. The molecule has 0 atom stereocenters. The summed E-state index contributed by atoms with van der Waals surface area (Å²) < 4.78 is 1.53. The average molecular weight is 417 g/mol. The van der Waals surface area contributed by atoms with Gasteiger partial charge in [-0.3, -0.25) is 4.79 Å². The fourth-order valence-electron chi connectivity index (χ4n) is 2.50. The predicted octanol–water partition coefficient (Wildman–Crippen LogP) is 3.53. The van der Waals surface area contributed by atoms with E-state index in [0.717, 1.165) is 27.8 Å². The molecule has 0 fully saturated rings. The maximum absolute atomic E-state index is 12.2. The number of nitrogen functional groups attached to an aromatic ring is 1. The summed E-state index contributed by atoms with van der Waals surface area (Å²) in [5.74, 6) is 7.39. The fraction of sp³-hybridized carbons (Fsp3) is 0.368. The van der Waals surface area contributed by atoms with Crippen LogP contribution in [0.15, 0.2) is 34.8 Å². The Morgan fingerprint density at radius 3 is 2.61 bits per heavy atom. The van der Waals surface area contributed by atoms with Gasteiger partial charge in [-0.15, -0.1) is 21.5 Å². The molecule has 3 rings (SSSR count). The minimum atomic E-state index is -0.167. The molecule has 0 aliphatic heterocycles. The number of amides is 1. The van der Waals surface area contributed by atoms with E-state index in [1.165, 1.54) is 27.8 Å². The second kappa shape index (κ2) is 8.32. The van der Waals surface area contributed by atoms with Gasteiger partial charge in [-0.05, 0) is 19.1 Å². The van der Waals surface area contributed by atoms with Crippen LogP contribution in [-0.2, 0) is 22.4 Å². The van der Waals surface area contributed by atoms with Gasteiger partial charge in [-0.25, -0.2) is 9.66 Å². The lowest BCUT2D eigenvalue weighted by atomic mass is 9.96. The van der Waals surface area contributed by atoms with E-state index >= 15 is 0 Å². The molecule has 0 bridgehead atoms. The first-order chi connectivity index (χ1) is 13.2. The van der Waals surface area contributed by atoms with Crippen molar-refractivity contribution in [3.05, 3.63) is 51.7 Å². The van der Waals surface area contributed by atoms with Crippen molar-refractivity contribution < 1.29 is 4.79 Å². The second-order valence-corrected chi connectivity index (χ2v) is 9.42. The van der Waals surface area contributed by atoms with Gasteiger partial charge in [0, 0.05) is 22.2 Å². The van der Waals surface area contributed by atoms with Gasteiger partial charge in [0.25, 0.3) is 0 Å². The molecule has 2 aromatic heterocycles. The monoisotopic (exact) mass is 416 g/mol. The molecule has 0 unspecified atom stereocenters. The van der Waals surface area contributed by atoms with E-state index in [2.05, 4.69) is 20.5 Å². The van der Waals surface area contributed by atoms with E-state index in [1.54, 1.807) is 0 Å². The lowest BCUT2D eigenvalue weighted by Crippen LogP contribution is -2.24. The Bertz CT molecular complexity index is 956. The Labute approximate surface area is 172 Å². The molecule has 0 aliphatic carbocycles. The molecule has 0 saturated heterocycles. The van der Waals surface area contributed by atoms with Crippen LogP contribution in [-0.4, -0.2) is 25.8 Å². The largest absolute Gasteiger partial charge is 0.336 e.